The minimum Gasteiger partial charge on any atom is -0.481 e. The maximum atomic E-state index is 11.0. The number of hydrogen-bond acceptors (Lipinski definition) is 2. The van der Waals surface area contributed by atoms with E-state index in [9.17, 15) is 4.79 Å². The van der Waals surface area contributed by atoms with Gasteiger partial charge in [0.05, 0.1) is 6.42 Å². The molecule has 2 aromatic rings. The number of benzene rings is 1. The van der Waals surface area contributed by atoms with E-state index < -0.39 is 5.97 Å². The molecule has 1 unspecified atom stereocenters. The number of pyridine rings is 1. The van der Waals surface area contributed by atoms with E-state index in [0.29, 0.717) is 6.42 Å². The summed E-state index contributed by atoms with van der Waals surface area (Å²) in [6, 6.07) is 15.4. The number of nitrogens with zero attached hydrogens (tertiary/aromatic N) is 1. The monoisotopic (exact) mass is 241 g/mol. The van der Waals surface area contributed by atoms with Gasteiger partial charge in [0.25, 0.3) is 0 Å². The Labute approximate surface area is 106 Å². The quantitative estimate of drug-likeness (QED) is 0.875. The number of aliphatic carboxylic acids is 1. The van der Waals surface area contributed by atoms with Gasteiger partial charge in [-0.25, -0.2) is 0 Å². The molecule has 18 heavy (non-hydrogen) atoms. The van der Waals surface area contributed by atoms with Gasteiger partial charge in [0, 0.05) is 11.9 Å². The van der Waals surface area contributed by atoms with E-state index in [4.69, 9.17) is 5.11 Å². The van der Waals surface area contributed by atoms with Crippen molar-refractivity contribution in [2.75, 3.05) is 0 Å². The van der Waals surface area contributed by atoms with Crippen molar-refractivity contribution in [3.63, 3.8) is 0 Å². The molecule has 1 N–H and O–H groups in total. The van der Waals surface area contributed by atoms with Gasteiger partial charge < -0.3 is 5.11 Å². The molecule has 0 aliphatic heterocycles. The van der Waals surface area contributed by atoms with Crippen LogP contribution in [-0.4, -0.2) is 16.1 Å². The molecule has 1 aromatic carbocycles. The third-order valence-corrected chi connectivity index (χ3v) is 2.87. The zero-order valence-electron chi connectivity index (χ0n) is 9.99. The predicted molar refractivity (Wildman–Crippen MR) is 69.4 cm³/mol. The lowest BCUT2D eigenvalue weighted by atomic mass is 9.91. The van der Waals surface area contributed by atoms with Crippen LogP contribution >= 0.6 is 0 Å². The highest BCUT2D eigenvalue weighted by molar-refractivity contribution is 5.68. The molecular weight excluding hydrogens is 226 g/mol. The molecule has 0 radical (unpaired) electrons. The zero-order valence-corrected chi connectivity index (χ0v) is 9.99. The molecule has 1 heterocycles. The summed E-state index contributed by atoms with van der Waals surface area (Å²) >= 11 is 0. The van der Waals surface area contributed by atoms with Crippen LogP contribution < -0.4 is 0 Å². The third-order valence-electron chi connectivity index (χ3n) is 2.87. The Morgan fingerprint density at radius 2 is 1.83 bits per heavy atom. The Bertz CT molecular complexity index is 496. The molecule has 0 saturated carbocycles. The molecule has 3 heteroatoms. The first-order valence-electron chi connectivity index (χ1n) is 5.92. The van der Waals surface area contributed by atoms with E-state index in [1.807, 2.05) is 48.5 Å². The van der Waals surface area contributed by atoms with E-state index >= 15 is 0 Å². The molecule has 1 aromatic heterocycles. The highest BCUT2D eigenvalue weighted by atomic mass is 16.4. The van der Waals surface area contributed by atoms with Gasteiger partial charge in [-0.05, 0) is 30.0 Å². The summed E-state index contributed by atoms with van der Waals surface area (Å²) in [6.07, 6.45) is 2.51. The van der Waals surface area contributed by atoms with Gasteiger partial charge in [-0.1, -0.05) is 36.4 Å². The normalized spacial score (nSPS) is 12.0. The molecule has 0 saturated heterocycles. The van der Waals surface area contributed by atoms with Crippen molar-refractivity contribution < 1.29 is 9.90 Å². The lowest BCUT2D eigenvalue weighted by molar-refractivity contribution is -0.137. The van der Waals surface area contributed by atoms with E-state index in [0.717, 1.165) is 11.3 Å². The maximum Gasteiger partial charge on any atom is 0.303 e. The first-order chi connectivity index (χ1) is 8.75. The fourth-order valence-electron chi connectivity index (χ4n) is 2.02. The van der Waals surface area contributed by atoms with Crippen LogP contribution in [0.1, 0.15) is 23.6 Å². The van der Waals surface area contributed by atoms with E-state index in [2.05, 4.69) is 4.98 Å². The molecule has 0 bridgehead atoms. The largest absolute Gasteiger partial charge is 0.481 e. The minimum absolute atomic E-state index is 0.0291. The van der Waals surface area contributed by atoms with Crippen molar-refractivity contribution >= 4 is 5.97 Å². The van der Waals surface area contributed by atoms with Gasteiger partial charge in [-0.2, -0.15) is 0 Å². The molecular formula is C15H15NO2. The first-order valence-corrected chi connectivity index (χ1v) is 5.92. The molecule has 0 fully saturated rings. The predicted octanol–water partition coefficient (Wildman–Crippen LogP) is 2.88. The fourth-order valence-corrected chi connectivity index (χ4v) is 2.02. The van der Waals surface area contributed by atoms with Crippen molar-refractivity contribution in [3.05, 3.63) is 66.0 Å². The maximum absolute atomic E-state index is 11.0. The van der Waals surface area contributed by atoms with Crippen LogP contribution in [0.5, 0.6) is 0 Å². The summed E-state index contributed by atoms with van der Waals surface area (Å²) in [5.41, 5.74) is 1.97. The summed E-state index contributed by atoms with van der Waals surface area (Å²) in [5, 5.41) is 9.00. The van der Waals surface area contributed by atoms with Crippen molar-refractivity contribution in [2.24, 2.45) is 0 Å². The Morgan fingerprint density at radius 1 is 1.11 bits per heavy atom. The smallest absolute Gasteiger partial charge is 0.303 e. The second-order valence-corrected chi connectivity index (χ2v) is 4.23. The number of carboxylic acid groups (broad SMARTS) is 1. The van der Waals surface area contributed by atoms with Crippen LogP contribution in [-0.2, 0) is 11.2 Å². The standard InChI is InChI=1S/C15H15NO2/c17-15(18)11-13(12-6-2-1-3-7-12)10-14-8-4-5-9-16-14/h1-9,13H,10-11H2,(H,17,18). The van der Waals surface area contributed by atoms with Crippen LogP contribution in [0.25, 0.3) is 0 Å². The van der Waals surface area contributed by atoms with Gasteiger partial charge in [0.15, 0.2) is 0 Å². The SMILES string of the molecule is O=C(O)CC(Cc1ccccn1)c1ccccc1. The van der Waals surface area contributed by atoms with Crippen LogP contribution in [0.3, 0.4) is 0 Å². The van der Waals surface area contributed by atoms with Crippen LogP contribution in [0.2, 0.25) is 0 Å². The van der Waals surface area contributed by atoms with Gasteiger partial charge in [0.2, 0.25) is 0 Å². The molecule has 3 nitrogen and oxygen atoms in total. The molecule has 92 valence electrons. The Kier molecular flexibility index (Phi) is 4.07. The summed E-state index contributed by atoms with van der Waals surface area (Å²) in [4.78, 5) is 15.2. The molecule has 1 atom stereocenters. The van der Waals surface area contributed by atoms with Gasteiger partial charge in [0.1, 0.15) is 0 Å². The molecule has 0 amide bonds. The van der Waals surface area contributed by atoms with Crippen LogP contribution in [0.15, 0.2) is 54.7 Å². The Balaban J connectivity index is 2.18. The second kappa shape index (κ2) is 5.96. The highest BCUT2D eigenvalue weighted by Gasteiger charge is 2.16. The minimum atomic E-state index is -0.778. The fraction of sp³-hybridized carbons (Fsp3) is 0.200. The lowest BCUT2D eigenvalue weighted by Crippen LogP contribution is -2.10. The molecule has 2 rings (SSSR count). The zero-order chi connectivity index (χ0) is 12.8. The van der Waals surface area contributed by atoms with Crippen molar-refractivity contribution in [1.82, 2.24) is 4.98 Å². The van der Waals surface area contributed by atoms with Gasteiger partial charge >= 0.3 is 5.97 Å². The van der Waals surface area contributed by atoms with Crippen LogP contribution in [0, 0.1) is 0 Å². The highest BCUT2D eigenvalue weighted by Crippen LogP contribution is 2.23. The molecule has 0 aliphatic rings. The summed E-state index contributed by atoms with van der Waals surface area (Å²) in [6.45, 7) is 0. The van der Waals surface area contributed by atoms with E-state index in [1.54, 1.807) is 6.20 Å². The summed E-state index contributed by atoms with van der Waals surface area (Å²) in [5.74, 6) is -0.807. The lowest BCUT2D eigenvalue weighted by Gasteiger charge is -2.14. The number of rotatable bonds is 5. The third kappa shape index (κ3) is 3.42. The van der Waals surface area contributed by atoms with Gasteiger partial charge in [-0.3, -0.25) is 9.78 Å². The number of carbonyl (C=O) groups is 1. The number of carboxylic acids is 1. The topological polar surface area (TPSA) is 50.2 Å². The Hall–Kier alpha value is -2.16. The Morgan fingerprint density at radius 3 is 2.44 bits per heavy atom. The van der Waals surface area contributed by atoms with Crippen molar-refractivity contribution in [3.8, 4) is 0 Å². The first kappa shape index (κ1) is 12.3. The van der Waals surface area contributed by atoms with Gasteiger partial charge in [-0.15, -0.1) is 0 Å². The average molecular weight is 241 g/mol. The van der Waals surface area contributed by atoms with Crippen molar-refractivity contribution in [2.45, 2.75) is 18.8 Å². The second-order valence-electron chi connectivity index (χ2n) is 4.23. The number of aromatic nitrogens is 1. The summed E-state index contributed by atoms with van der Waals surface area (Å²) < 4.78 is 0. The van der Waals surface area contributed by atoms with Crippen molar-refractivity contribution in [1.29, 1.82) is 0 Å². The van der Waals surface area contributed by atoms with Crippen LogP contribution in [0.4, 0.5) is 0 Å². The number of hydrogen-bond donors (Lipinski definition) is 1. The molecule has 0 spiro atoms. The summed E-state index contributed by atoms with van der Waals surface area (Å²) in [7, 11) is 0. The van der Waals surface area contributed by atoms with E-state index in [1.165, 1.54) is 0 Å². The van der Waals surface area contributed by atoms with E-state index in [-0.39, 0.29) is 12.3 Å². The molecule has 0 aliphatic carbocycles. The average Bonchev–Trinajstić information content (AvgIpc) is 2.40.